The van der Waals surface area contributed by atoms with Crippen LogP contribution in [0.1, 0.15) is 12.5 Å². The Morgan fingerprint density at radius 1 is 1.24 bits per heavy atom. The zero-order valence-corrected chi connectivity index (χ0v) is 11.7. The number of nitrogens with two attached hydrogens (primary N) is 1. The van der Waals surface area contributed by atoms with Gasteiger partial charge in [0.15, 0.2) is 5.58 Å². The van der Waals surface area contributed by atoms with Gasteiger partial charge in [-0.3, -0.25) is 0 Å². The highest BCUT2D eigenvalue weighted by Gasteiger charge is 2.27. The van der Waals surface area contributed by atoms with Crippen molar-refractivity contribution in [2.75, 3.05) is 17.7 Å². The molecule has 1 atom stereocenters. The van der Waals surface area contributed by atoms with Gasteiger partial charge >= 0.3 is 0 Å². The van der Waals surface area contributed by atoms with Gasteiger partial charge < -0.3 is 20.6 Å². The molecule has 2 aromatic carbocycles. The topological polar surface area (TPSA) is 84.3 Å². The maximum absolute atomic E-state index is 9.77. The Hall–Kier alpha value is -2.53. The molecule has 5 heteroatoms. The van der Waals surface area contributed by atoms with Crippen LogP contribution in [0, 0.1) is 0 Å². The number of hydrogen-bond acceptors (Lipinski definition) is 5. The molecule has 0 spiro atoms. The number of benzene rings is 2. The smallest absolute Gasteiger partial charge is 0.296 e. The predicted octanol–water partition coefficient (Wildman–Crippen LogP) is 2.73. The van der Waals surface area contributed by atoms with Gasteiger partial charge in [-0.05, 0) is 30.7 Å². The highest BCUT2D eigenvalue weighted by atomic mass is 16.4. The molecule has 1 aromatic heterocycles. The van der Waals surface area contributed by atoms with Gasteiger partial charge in [-0.2, -0.15) is 4.98 Å². The summed E-state index contributed by atoms with van der Waals surface area (Å²) in [4.78, 5) is 4.36. The summed E-state index contributed by atoms with van der Waals surface area (Å²) in [5.41, 5.74) is 7.99. The number of hydrogen-bond donors (Lipinski definition) is 3. The molecular weight excluding hydrogens is 266 g/mol. The Balaban J connectivity index is 1.95. The van der Waals surface area contributed by atoms with E-state index in [0.717, 1.165) is 5.56 Å². The van der Waals surface area contributed by atoms with Crippen molar-refractivity contribution in [3.8, 4) is 0 Å². The number of oxazole rings is 1. The van der Waals surface area contributed by atoms with Gasteiger partial charge in [-0.1, -0.05) is 30.3 Å². The van der Waals surface area contributed by atoms with Gasteiger partial charge in [0.1, 0.15) is 5.52 Å². The fourth-order valence-electron chi connectivity index (χ4n) is 2.24. The first kappa shape index (κ1) is 13.5. The van der Waals surface area contributed by atoms with E-state index in [1.807, 2.05) is 37.3 Å². The lowest BCUT2D eigenvalue weighted by atomic mass is 9.93. The molecule has 4 N–H and O–H groups in total. The van der Waals surface area contributed by atoms with Crippen LogP contribution in [0.2, 0.25) is 0 Å². The number of anilines is 2. The molecule has 5 nitrogen and oxygen atoms in total. The Morgan fingerprint density at radius 2 is 2.00 bits per heavy atom. The molecule has 0 aliphatic carbocycles. The molecule has 0 aliphatic heterocycles. The molecule has 1 unspecified atom stereocenters. The van der Waals surface area contributed by atoms with Crippen LogP contribution in [-0.2, 0) is 5.54 Å². The molecule has 0 bridgehead atoms. The van der Waals surface area contributed by atoms with Crippen LogP contribution in [0.4, 0.5) is 11.7 Å². The number of aliphatic hydroxyl groups is 1. The van der Waals surface area contributed by atoms with Crippen molar-refractivity contribution in [2.24, 2.45) is 0 Å². The average molecular weight is 283 g/mol. The van der Waals surface area contributed by atoms with E-state index in [1.54, 1.807) is 18.2 Å². The number of rotatable bonds is 4. The summed E-state index contributed by atoms with van der Waals surface area (Å²) in [5.74, 6) is 0. The molecule has 108 valence electrons. The molecule has 0 saturated heterocycles. The Kier molecular flexibility index (Phi) is 3.27. The lowest BCUT2D eigenvalue weighted by Gasteiger charge is -2.28. The molecule has 3 rings (SSSR count). The second kappa shape index (κ2) is 5.10. The summed E-state index contributed by atoms with van der Waals surface area (Å²) < 4.78 is 5.65. The van der Waals surface area contributed by atoms with Crippen LogP contribution in [0.15, 0.2) is 52.9 Å². The van der Waals surface area contributed by atoms with Gasteiger partial charge in [-0.25, -0.2) is 0 Å². The van der Waals surface area contributed by atoms with E-state index in [4.69, 9.17) is 10.2 Å². The molecule has 0 aliphatic rings. The third-order valence-corrected chi connectivity index (χ3v) is 3.52. The quantitative estimate of drug-likeness (QED) is 0.641. The zero-order valence-electron chi connectivity index (χ0n) is 11.7. The molecule has 0 saturated carbocycles. The second-order valence-corrected chi connectivity index (χ2v) is 5.23. The molecular formula is C16H17N3O2. The number of nitrogens with zero attached hydrogens (tertiary/aromatic N) is 1. The highest BCUT2D eigenvalue weighted by Crippen LogP contribution is 2.28. The van der Waals surface area contributed by atoms with Crippen molar-refractivity contribution in [2.45, 2.75) is 12.5 Å². The third kappa shape index (κ3) is 2.55. The molecule has 0 radical (unpaired) electrons. The first-order chi connectivity index (χ1) is 10.1. The molecule has 0 fully saturated rings. The first-order valence-electron chi connectivity index (χ1n) is 6.71. The normalized spacial score (nSPS) is 14.0. The largest absolute Gasteiger partial charge is 0.424 e. The SMILES string of the molecule is CC(CO)(Nc1nc2cc(N)ccc2o1)c1ccccc1. The Bertz CT molecular complexity index is 755. The number of aliphatic hydroxyl groups excluding tert-OH is 1. The zero-order chi connectivity index (χ0) is 14.9. The lowest BCUT2D eigenvalue weighted by Crippen LogP contribution is -2.35. The van der Waals surface area contributed by atoms with E-state index in [2.05, 4.69) is 10.3 Å². The summed E-state index contributed by atoms with van der Waals surface area (Å²) in [7, 11) is 0. The number of fused-ring (bicyclic) bond motifs is 1. The third-order valence-electron chi connectivity index (χ3n) is 3.52. The fraction of sp³-hybridized carbons (Fsp3) is 0.188. The molecule has 3 aromatic rings. The fourth-order valence-corrected chi connectivity index (χ4v) is 2.24. The van der Waals surface area contributed by atoms with E-state index in [0.29, 0.717) is 22.8 Å². The summed E-state index contributed by atoms with van der Waals surface area (Å²) in [6.07, 6.45) is 0. The van der Waals surface area contributed by atoms with Gasteiger partial charge in [0.05, 0.1) is 12.1 Å². The van der Waals surface area contributed by atoms with E-state index in [1.165, 1.54) is 0 Å². The predicted molar refractivity (Wildman–Crippen MR) is 82.9 cm³/mol. The number of nitrogens with one attached hydrogen (secondary N) is 1. The molecule has 21 heavy (non-hydrogen) atoms. The summed E-state index contributed by atoms with van der Waals surface area (Å²) in [5, 5.41) is 12.9. The van der Waals surface area contributed by atoms with Crippen molar-refractivity contribution in [3.05, 3.63) is 54.1 Å². The minimum Gasteiger partial charge on any atom is -0.424 e. The maximum atomic E-state index is 9.77. The highest BCUT2D eigenvalue weighted by molar-refractivity contribution is 5.78. The van der Waals surface area contributed by atoms with E-state index < -0.39 is 5.54 Å². The molecule has 1 heterocycles. The van der Waals surface area contributed by atoms with Gasteiger partial charge in [-0.15, -0.1) is 0 Å². The van der Waals surface area contributed by atoms with Crippen LogP contribution in [0.3, 0.4) is 0 Å². The van der Waals surface area contributed by atoms with Crippen LogP contribution < -0.4 is 11.1 Å². The lowest BCUT2D eigenvalue weighted by molar-refractivity contribution is 0.221. The van der Waals surface area contributed by atoms with Crippen molar-refractivity contribution in [1.29, 1.82) is 0 Å². The van der Waals surface area contributed by atoms with Gasteiger partial charge in [0, 0.05) is 5.69 Å². The van der Waals surface area contributed by atoms with Crippen molar-refractivity contribution in [1.82, 2.24) is 4.98 Å². The maximum Gasteiger partial charge on any atom is 0.296 e. The monoisotopic (exact) mass is 283 g/mol. The Morgan fingerprint density at radius 3 is 2.71 bits per heavy atom. The average Bonchev–Trinajstić information content (AvgIpc) is 2.89. The van der Waals surface area contributed by atoms with Crippen molar-refractivity contribution >= 4 is 22.8 Å². The standard InChI is InChI=1S/C16H17N3O2/c1-16(10-20,11-5-3-2-4-6-11)19-15-18-13-9-12(17)7-8-14(13)21-15/h2-9,20H,10,17H2,1H3,(H,18,19). The number of nitrogen functional groups attached to an aromatic ring is 1. The first-order valence-corrected chi connectivity index (χ1v) is 6.71. The Labute approximate surface area is 122 Å². The van der Waals surface area contributed by atoms with Gasteiger partial charge in [0.2, 0.25) is 0 Å². The number of aromatic nitrogens is 1. The van der Waals surface area contributed by atoms with Crippen LogP contribution in [0.25, 0.3) is 11.1 Å². The van der Waals surface area contributed by atoms with Crippen LogP contribution >= 0.6 is 0 Å². The van der Waals surface area contributed by atoms with E-state index in [-0.39, 0.29) is 6.61 Å². The summed E-state index contributed by atoms with van der Waals surface area (Å²) >= 11 is 0. The van der Waals surface area contributed by atoms with E-state index >= 15 is 0 Å². The summed E-state index contributed by atoms with van der Waals surface area (Å²) in [6, 6.07) is 15.3. The minimum absolute atomic E-state index is 0.0854. The summed E-state index contributed by atoms with van der Waals surface area (Å²) in [6.45, 7) is 1.81. The van der Waals surface area contributed by atoms with Crippen LogP contribution in [0.5, 0.6) is 0 Å². The van der Waals surface area contributed by atoms with Crippen molar-refractivity contribution in [3.63, 3.8) is 0 Å². The molecule has 0 amide bonds. The van der Waals surface area contributed by atoms with E-state index in [9.17, 15) is 5.11 Å². The van der Waals surface area contributed by atoms with Crippen molar-refractivity contribution < 1.29 is 9.52 Å². The second-order valence-electron chi connectivity index (χ2n) is 5.23. The van der Waals surface area contributed by atoms with Gasteiger partial charge in [0.25, 0.3) is 6.01 Å². The van der Waals surface area contributed by atoms with Crippen LogP contribution in [-0.4, -0.2) is 16.7 Å². The minimum atomic E-state index is -0.673.